The van der Waals surface area contributed by atoms with E-state index in [9.17, 15) is 9.59 Å². The van der Waals surface area contributed by atoms with Crippen molar-refractivity contribution in [2.24, 2.45) is 0 Å². The molecular weight excluding hydrogens is 412 g/mol. The second kappa shape index (κ2) is 25.6. The summed E-state index contributed by atoms with van der Waals surface area (Å²) in [6.07, 6.45) is 25.4. The Morgan fingerprint density at radius 3 is 1.33 bits per heavy atom. The van der Waals surface area contributed by atoms with Crippen molar-refractivity contribution in [1.82, 2.24) is 0 Å². The monoisotopic (exact) mass is 468 g/mol. The number of carbonyl (C=O) groups excluding carboxylic acids is 2. The minimum Gasteiger partial charge on any atom is -0.466 e. The van der Waals surface area contributed by atoms with Gasteiger partial charge in [-0.1, -0.05) is 117 Å². The standard InChI is InChI=1S/C29H56O4/c1-4-7-8-9-10-11-12-13-14-15-16-17-18-19-20-23-26-32-28(30)24-21-22-25-29(31)33-27(5-2)6-3/h27H,4-26H2,1-3H3. The van der Waals surface area contributed by atoms with Gasteiger partial charge >= 0.3 is 11.9 Å². The van der Waals surface area contributed by atoms with Gasteiger partial charge in [0.1, 0.15) is 6.10 Å². The fourth-order valence-corrected chi connectivity index (χ4v) is 4.15. The minimum absolute atomic E-state index is 0.0298. The van der Waals surface area contributed by atoms with E-state index in [2.05, 4.69) is 6.92 Å². The number of unbranched alkanes of at least 4 members (excludes halogenated alkanes) is 16. The fraction of sp³-hybridized carbons (Fsp3) is 0.931. The third kappa shape index (κ3) is 23.9. The molecule has 4 heteroatoms. The predicted molar refractivity (Wildman–Crippen MR) is 139 cm³/mol. The number of hydrogen-bond acceptors (Lipinski definition) is 4. The molecule has 0 spiro atoms. The molecule has 0 aliphatic rings. The first-order valence-corrected chi connectivity index (χ1v) is 14.5. The molecule has 0 saturated heterocycles. The Kier molecular flexibility index (Phi) is 24.7. The molecule has 0 aromatic rings. The van der Waals surface area contributed by atoms with Gasteiger partial charge in [-0.2, -0.15) is 0 Å². The lowest BCUT2D eigenvalue weighted by atomic mass is 10.0. The summed E-state index contributed by atoms with van der Waals surface area (Å²) in [7, 11) is 0. The first-order chi connectivity index (χ1) is 16.1. The smallest absolute Gasteiger partial charge is 0.306 e. The third-order valence-corrected chi connectivity index (χ3v) is 6.48. The van der Waals surface area contributed by atoms with Gasteiger partial charge in [-0.3, -0.25) is 9.59 Å². The molecule has 4 nitrogen and oxygen atoms in total. The molecule has 0 aliphatic carbocycles. The zero-order valence-corrected chi connectivity index (χ0v) is 22.5. The molecule has 0 radical (unpaired) electrons. The van der Waals surface area contributed by atoms with Crippen LogP contribution in [0.1, 0.15) is 162 Å². The molecule has 0 aliphatic heterocycles. The maximum absolute atomic E-state index is 11.8. The summed E-state index contributed by atoms with van der Waals surface area (Å²) in [5, 5.41) is 0. The van der Waals surface area contributed by atoms with Gasteiger partial charge in [0, 0.05) is 12.8 Å². The Morgan fingerprint density at radius 2 is 0.909 bits per heavy atom. The summed E-state index contributed by atoms with van der Waals surface area (Å²) in [4.78, 5) is 23.5. The van der Waals surface area contributed by atoms with Crippen LogP contribution in [0.3, 0.4) is 0 Å². The average Bonchev–Trinajstić information content (AvgIpc) is 2.82. The SMILES string of the molecule is CCCCCCCCCCCCCCCCCCOC(=O)CCCCC(=O)OC(CC)CC. The van der Waals surface area contributed by atoms with Crippen LogP contribution in [0.25, 0.3) is 0 Å². The van der Waals surface area contributed by atoms with Crippen molar-refractivity contribution in [1.29, 1.82) is 0 Å². The Balaban J connectivity index is 3.27. The van der Waals surface area contributed by atoms with E-state index in [1.54, 1.807) is 0 Å². The summed E-state index contributed by atoms with van der Waals surface area (Å²) in [6, 6.07) is 0. The van der Waals surface area contributed by atoms with E-state index in [1.165, 1.54) is 89.9 Å². The van der Waals surface area contributed by atoms with Crippen LogP contribution < -0.4 is 0 Å². The van der Waals surface area contributed by atoms with Crippen molar-refractivity contribution >= 4 is 11.9 Å². The first kappa shape index (κ1) is 31.9. The Bertz CT molecular complexity index is 431. The lowest BCUT2D eigenvalue weighted by molar-refractivity contribution is -0.150. The molecule has 0 atom stereocenters. The number of hydrogen-bond donors (Lipinski definition) is 0. The van der Waals surface area contributed by atoms with Gasteiger partial charge in [0.25, 0.3) is 0 Å². The predicted octanol–water partition coefficient (Wildman–Crippen LogP) is 9.08. The van der Waals surface area contributed by atoms with Crippen molar-refractivity contribution in [3.05, 3.63) is 0 Å². The van der Waals surface area contributed by atoms with Crippen molar-refractivity contribution in [2.45, 2.75) is 168 Å². The normalized spacial score (nSPS) is 11.2. The number of ether oxygens (including phenoxy) is 2. The van der Waals surface area contributed by atoms with Crippen molar-refractivity contribution in [2.75, 3.05) is 6.61 Å². The topological polar surface area (TPSA) is 52.6 Å². The Morgan fingerprint density at radius 1 is 0.515 bits per heavy atom. The van der Waals surface area contributed by atoms with Gasteiger partial charge < -0.3 is 9.47 Å². The van der Waals surface area contributed by atoms with Crippen LogP contribution in [-0.2, 0) is 19.1 Å². The van der Waals surface area contributed by atoms with Gasteiger partial charge in [0.15, 0.2) is 0 Å². The summed E-state index contributed by atoms with van der Waals surface area (Å²) < 4.78 is 10.7. The molecule has 0 heterocycles. The fourth-order valence-electron chi connectivity index (χ4n) is 4.15. The quantitative estimate of drug-likeness (QED) is 0.0990. The summed E-state index contributed by atoms with van der Waals surface area (Å²) >= 11 is 0. The number of esters is 2. The highest BCUT2D eigenvalue weighted by atomic mass is 16.5. The van der Waals surface area contributed by atoms with E-state index in [-0.39, 0.29) is 18.0 Å². The zero-order chi connectivity index (χ0) is 24.4. The van der Waals surface area contributed by atoms with E-state index in [4.69, 9.17) is 9.47 Å². The molecule has 0 rings (SSSR count). The molecule has 0 aromatic carbocycles. The van der Waals surface area contributed by atoms with Crippen LogP contribution in [-0.4, -0.2) is 24.6 Å². The largest absolute Gasteiger partial charge is 0.466 e. The van der Waals surface area contributed by atoms with E-state index in [0.29, 0.717) is 32.3 Å². The van der Waals surface area contributed by atoms with E-state index in [0.717, 1.165) is 25.7 Å². The molecule has 0 unspecified atom stereocenters. The highest BCUT2D eigenvalue weighted by Crippen LogP contribution is 2.14. The Hall–Kier alpha value is -1.06. The minimum atomic E-state index is -0.148. The molecule has 0 saturated carbocycles. The van der Waals surface area contributed by atoms with Gasteiger partial charge in [-0.15, -0.1) is 0 Å². The van der Waals surface area contributed by atoms with Crippen LogP contribution in [0, 0.1) is 0 Å². The van der Waals surface area contributed by atoms with Crippen LogP contribution in [0.4, 0.5) is 0 Å². The van der Waals surface area contributed by atoms with Gasteiger partial charge in [-0.05, 0) is 32.1 Å². The summed E-state index contributed by atoms with van der Waals surface area (Å²) in [5.74, 6) is -0.283. The molecule has 196 valence electrons. The van der Waals surface area contributed by atoms with Gasteiger partial charge in [0.05, 0.1) is 6.61 Å². The molecule has 0 fully saturated rings. The highest BCUT2D eigenvalue weighted by molar-refractivity contribution is 5.70. The maximum atomic E-state index is 11.8. The van der Waals surface area contributed by atoms with Crippen LogP contribution in [0.2, 0.25) is 0 Å². The van der Waals surface area contributed by atoms with Crippen LogP contribution in [0.5, 0.6) is 0 Å². The van der Waals surface area contributed by atoms with Crippen molar-refractivity contribution in [3.63, 3.8) is 0 Å². The van der Waals surface area contributed by atoms with E-state index in [1.807, 2.05) is 13.8 Å². The summed E-state index contributed by atoms with van der Waals surface area (Å²) in [5.41, 5.74) is 0. The number of rotatable bonds is 25. The zero-order valence-electron chi connectivity index (χ0n) is 22.5. The van der Waals surface area contributed by atoms with Crippen molar-refractivity contribution in [3.8, 4) is 0 Å². The second-order valence-corrected chi connectivity index (χ2v) is 9.66. The van der Waals surface area contributed by atoms with Gasteiger partial charge in [0.2, 0.25) is 0 Å². The van der Waals surface area contributed by atoms with Crippen LogP contribution >= 0.6 is 0 Å². The molecular formula is C29H56O4. The van der Waals surface area contributed by atoms with Gasteiger partial charge in [-0.25, -0.2) is 0 Å². The lowest BCUT2D eigenvalue weighted by Gasteiger charge is -2.13. The van der Waals surface area contributed by atoms with Crippen LogP contribution in [0.15, 0.2) is 0 Å². The van der Waals surface area contributed by atoms with E-state index >= 15 is 0 Å². The molecule has 0 aromatic heterocycles. The molecule has 0 bridgehead atoms. The first-order valence-electron chi connectivity index (χ1n) is 14.5. The Labute approximate surface area is 206 Å². The highest BCUT2D eigenvalue weighted by Gasteiger charge is 2.10. The molecule has 0 amide bonds. The van der Waals surface area contributed by atoms with E-state index < -0.39 is 0 Å². The molecule has 33 heavy (non-hydrogen) atoms. The second-order valence-electron chi connectivity index (χ2n) is 9.66. The maximum Gasteiger partial charge on any atom is 0.306 e. The third-order valence-electron chi connectivity index (χ3n) is 6.48. The molecule has 0 N–H and O–H groups in total. The summed E-state index contributed by atoms with van der Waals surface area (Å²) in [6.45, 7) is 6.86. The van der Waals surface area contributed by atoms with Crippen molar-refractivity contribution < 1.29 is 19.1 Å². The number of carbonyl (C=O) groups is 2. The average molecular weight is 469 g/mol. The lowest BCUT2D eigenvalue weighted by Crippen LogP contribution is -2.16.